The molecule has 1 amide bonds. The SMILES string of the molecule is CCC[C@@]1(CO)CN(C(=O)c2cn[nH]c2-c2cccc(OC)c2)CC[C@H]1O.O=CO. The quantitative estimate of drug-likeness (QED) is 0.524. The van der Waals surface area contributed by atoms with Crippen LogP contribution in [0.4, 0.5) is 0 Å². The number of carboxylic acid groups (broad SMARTS) is 1. The monoisotopic (exact) mass is 419 g/mol. The van der Waals surface area contributed by atoms with Gasteiger partial charge in [-0.3, -0.25) is 14.7 Å². The molecule has 0 bridgehead atoms. The highest BCUT2D eigenvalue weighted by Crippen LogP contribution is 2.36. The number of carbonyl (C=O) groups is 2. The number of hydrogen-bond donors (Lipinski definition) is 4. The molecule has 9 nitrogen and oxygen atoms in total. The van der Waals surface area contributed by atoms with E-state index in [2.05, 4.69) is 10.2 Å². The molecule has 2 heterocycles. The summed E-state index contributed by atoms with van der Waals surface area (Å²) in [6.45, 7) is 2.41. The Morgan fingerprint density at radius 2 is 2.20 bits per heavy atom. The van der Waals surface area contributed by atoms with Gasteiger partial charge in [0.15, 0.2) is 0 Å². The van der Waals surface area contributed by atoms with Crippen molar-refractivity contribution in [1.29, 1.82) is 0 Å². The van der Waals surface area contributed by atoms with Crippen LogP contribution in [0, 0.1) is 5.41 Å². The van der Waals surface area contributed by atoms with E-state index in [9.17, 15) is 15.0 Å². The zero-order valence-corrected chi connectivity index (χ0v) is 17.2. The Hall–Kier alpha value is -2.91. The summed E-state index contributed by atoms with van der Waals surface area (Å²) >= 11 is 0. The molecule has 0 saturated carbocycles. The maximum Gasteiger partial charge on any atom is 0.290 e. The van der Waals surface area contributed by atoms with Crippen LogP contribution < -0.4 is 4.74 Å². The summed E-state index contributed by atoms with van der Waals surface area (Å²) in [5.41, 5.74) is 1.26. The van der Waals surface area contributed by atoms with Gasteiger partial charge in [0.2, 0.25) is 0 Å². The highest BCUT2D eigenvalue weighted by Gasteiger charge is 2.43. The van der Waals surface area contributed by atoms with E-state index < -0.39 is 11.5 Å². The molecule has 2 atom stereocenters. The van der Waals surface area contributed by atoms with Crippen molar-refractivity contribution in [3.8, 4) is 17.0 Å². The number of piperidine rings is 1. The number of aliphatic hydroxyl groups is 2. The van der Waals surface area contributed by atoms with Crippen molar-refractivity contribution in [3.63, 3.8) is 0 Å². The van der Waals surface area contributed by atoms with E-state index in [1.54, 1.807) is 12.0 Å². The van der Waals surface area contributed by atoms with Gasteiger partial charge in [0.05, 0.1) is 37.3 Å². The van der Waals surface area contributed by atoms with Gasteiger partial charge in [-0.1, -0.05) is 25.5 Å². The number of aliphatic hydroxyl groups excluding tert-OH is 2. The van der Waals surface area contributed by atoms with E-state index >= 15 is 0 Å². The fourth-order valence-electron chi connectivity index (χ4n) is 3.92. The highest BCUT2D eigenvalue weighted by molar-refractivity contribution is 5.99. The number of rotatable bonds is 6. The number of likely N-dealkylation sites (tertiary alicyclic amines) is 1. The molecule has 0 spiro atoms. The first-order chi connectivity index (χ1) is 14.5. The summed E-state index contributed by atoms with van der Waals surface area (Å²) in [5, 5.41) is 34.2. The smallest absolute Gasteiger partial charge is 0.290 e. The van der Waals surface area contributed by atoms with Gasteiger partial charge in [-0.05, 0) is 25.0 Å². The first kappa shape index (κ1) is 23.4. The number of nitrogens with zero attached hydrogens (tertiary/aromatic N) is 2. The zero-order chi connectivity index (χ0) is 22.1. The Labute approximate surface area is 175 Å². The number of nitrogens with one attached hydrogen (secondary N) is 1. The van der Waals surface area contributed by atoms with Crippen LogP contribution in [0.5, 0.6) is 5.75 Å². The number of methoxy groups -OCH3 is 1. The van der Waals surface area contributed by atoms with Crippen molar-refractivity contribution in [3.05, 3.63) is 36.0 Å². The van der Waals surface area contributed by atoms with Gasteiger partial charge >= 0.3 is 0 Å². The molecule has 164 valence electrons. The molecule has 30 heavy (non-hydrogen) atoms. The van der Waals surface area contributed by atoms with E-state index in [0.717, 1.165) is 12.0 Å². The maximum absolute atomic E-state index is 13.2. The molecule has 2 aromatic rings. The van der Waals surface area contributed by atoms with Crippen LogP contribution in [0.2, 0.25) is 0 Å². The largest absolute Gasteiger partial charge is 0.497 e. The topological polar surface area (TPSA) is 136 Å². The average molecular weight is 419 g/mol. The van der Waals surface area contributed by atoms with Gasteiger partial charge < -0.3 is 25.0 Å². The summed E-state index contributed by atoms with van der Waals surface area (Å²) in [6.07, 6.45) is 2.89. The van der Waals surface area contributed by atoms with Crippen molar-refractivity contribution in [1.82, 2.24) is 15.1 Å². The van der Waals surface area contributed by atoms with Crippen molar-refractivity contribution in [2.24, 2.45) is 5.41 Å². The molecule has 3 rings (SSSR count). The molecule has 0 aliphatic carbocycles. The van der Waals surface area contributed by atoms with Crippen LogP contribution in [0.25, 0.3) is 11.3 Å². The predicted molar refractivity (Wildman–Crippen MR) is 110 cm³/mol. The Morgan fingerprint density at radius 3 is 2.83 bits per heavy atom. The van der Waals surface area contributed by atoms with Gasteiger partial charge in [0, 0.05) is 24.1 Å². The Bertz CT molecular complexity index is 840. The summed E-state index contributed by atoms with van der Waals surface area (Å²) in [5.74, 6) is 0.547. The number of amides is 1. The average Bonchev–Trinajstić information content (AvgIpc) is 3.25. The van der Waals surface area contributed by atoms with Gasteiger partial charge in [-0.25, -0.2) is 0 Å². The van der Waals surface area contributed by atoms with E-state index in [1.807, 2.05) is 31.2 Å². The lowest BCUT2D eigenvalue weighted by atomic mass is 9.74. The summed E-state index contributed by atoms with van der Waals surface area (Å²) in [4.78, 5) is 23.3. The number of ether oxygens (including phenoxy) is 1. The standard InChI is InChI=1S/C20H27N3O4.CH2O2/c1-3-8-20(13-24)12-23(9-7-17(20)25)19(26)16-11-21-22-18(16)14-5-4-6-15(10-14)27-2;2-1-3/h4-6,10-11,17,24-25H,3,7-9,12-13H2,1-2H3,(H,21,22);1H,(H,2,3)/t17-,20+;/m1./s1. The second kappa shape index (κ2) is 10.7. The minimum absolute atomic E-state index is 0.139. The Balaban J connectivity index is 0.00000101. The minimum atomic E-state index is -0.664. The van der Waals surface area contributed by atoms with Gasteiger partial charge in [0.1, 0.15) is 5.75 Å². The number of carbonyl (C=O) groups excluding carboxylic acids is 1. The third kappa shape index (κ3) is 4.98. The van der Waals surface area contributed by atoms with Crippen molar-refractivity contribution >= 4 is 12.4 Å². The molecular weight excluding hydrogens is 390 g/mol. The molecule has 1 aromatic carbocycles. The number of H-pyrrole nitrogens is 1. The van der Waals surface area contributed by atoms with Crippen molar-refractivity contribution in [2.45, 2.75) is 32.3 Å². The maximum atomic E-state index is 13.2. The number of aromatic amines is 1. The van der Waals surface area contributed by atoms with Gasteiger partial charge in [-0.15, -0.1) is 0 Å². The number of benzene rings is 1. The highest BCUT2D eigenvalue weighted by atomic mass is 16.5. The van der Waals surface area contributed by atoms with E-state index in [-0.39, 0.29) is 19.0 Å². The fourth-order valence-corrected chi connectivity index (χ4v) is 3.92. The summed E-state index contributed by atoms with van der Waals surface area (Å²) in [7, 11) is 1.60. The van der Waals surface area contributed by atoms with Crippen molar-refractivity contribution < 1.29 is 29.6 Å². The van der Waals surface area contributed by atoms with E-state index in [4.69, 9.17) is 14.6 Å². The predicted octanol–water partition coefficient (Wildman–Crippen LogP) is 1.77. The third-order valence-electron chi connectivity index (χ3n) is 5.46. The number of aromatic nitrogens is 2. The summed E-state index contributed by atoms with van der Waals surface area (Å²) in [6, 6.07) is 7.44. The van der Waals surface area contributed by atoms with Crippen molar-refractivity contribution in [2.75, 3.05) is 26.8 Å². The molecule has 1 aliphatic heterocycles. The minimum Gasteiger partial charge on any atom is -0.497 e. The number of hydrogen-bond acceptors (Lipinski definition) is 6. The van der Waals surface area contributed by atoms with Crippen LogP contribution >= 0.6 is 0 Å². The molecule has 1 aromatic heterocycles. The van der Waals surface area contributed by atoms with Crippen LogP contribution in [0.1, 0.15) is 36.5 Å². The Kier molecular flexibility index (Phi) is 8.37. The third-order valence-corrected chi connectivity index (χ3v) is 5.46. The first-order valence-corrected chi connectivity index (χ1v) is 9.80. The summed E-state index contributed by atoms with van der Waals surface area (Å²) < 4.78 is 5.26. The van der Waals surface area contributed by atoms with Crippen LogP contribution in [-0.4, -0.2) is 75.7 Å². The lowest BCUT2D eigenvalue weighted by Crippen LogP contribution is -2.55. The molecule has 0 radical (unpaired) electrons. The van der Waals surface area contributed by atoms with Crippen LogP contribution in [0.15, 0.2) is 30.5 Å². The first-order valence-electron chi connectivity index (χ1n) is 9.80. The fraction of sp³-hybridized carbons (Fsp3) is 0.476. The molecule has 4 N–H and O–H groups in total. The lowest BCUT2D eigenvalue weighted by Gasteiger charge is -2.45. The molecule has 9 heteroatoms. The van der Waals surface area contributed by atoms with Crippen LogP contribution in [-0.2, 0) is 4.79 Å². The molecule has 0 unspecified atom stereocenters. The zero-order valence-electron chi connectivity index (χ0n) is 17.2. The molecular formula is C21H29N3O6. The van der Waals surface area contributed by atoms with E-state index in [1.165, 1.54) is 6.20 Å². The molecule has 1 saturated heterocycles. The second-order valence-corrected chi connectivity index (χ2v) is 7.30. The second-order valence-electron chi connectivity index (χ2n) is 7.30. The van der Waals surface area contributed by atoms with Gasteiger partial charge in [0.25, 0.3) is 12.4 Å². The molecule has 1 fully saturated rings. The Morgan fingerprint density at radius 1 is 1.47 bits per heavy atom. The van der Waals surface area contributed by atoms with Crippen LogP contribution in [0.3, 0.4) is 0 Å². The van der Waals surface area contributed by atoms with Gasteiger partial charge in [-0.2, -0.15) is 5.10 Å². The lowest BCUT2D eigenvalue weighted by molar-refractivity contribution is -0.122. The normalized spacial score (nSPS) is 20.8. The van der Waals surface area contributed by atoms with E-state index in [0.29, 0.717) is 42.9 Å². The molecule has 1 aliphatic rings.